The van der Waals surface area contributed by atoms with Crippen molar-refractivity contribution in [3.05, 3.63) is 39.8 Å². The van der Waals surface area contributed by atoms with Crippen molar-refractivity contribution in [2.24, 2.45) is 23.7 Å². The Labute approximate surface area is 135 Å². The van der Waals surface area contributed by atoms with Crippen molar-refractivity contribution in [1.82, 2.24) is 0 Å². The van der Waals surface area contributed by atoms with Crippen molar-refractivity contribution in [1.29, 1.82) is 0 Å². The quantitative estimate of drug-likeness (QED) is 0.831. The Bertz CT molecular complexity index is 646. The van der Waals surface area contributed by atoms with E-state index in [4.69, 9.17) is 11.6 Å². The van der Waals surface area contributed by atoms with E-state index >= 15 is 0 Å². The summed E-state index contributed by atoms with van der Waals surface area (Å²) in [6, 6.07) is 5.07. The summed E-state index contributed by atoms with van der Waals surface area (Å²) in [6.07, 6.45) is 4.52. The Morgan fingerprint density at radius 2 is 1.90 bits per heavy atom. The van der Waals surface area contributed by atoms with Gasteiger partial charge in [-0.25, -0.2) is 0 Å². The molecule has 4 nitrogen and oxygen atoms in total. The van der Waals surface area contributed by atoms with Crippen molar-refractivity contribution in [2.75, 3.05) is 5.32 Å². The molecule has 2 aliphatic carbocycles. The first-order chi connectivity index (χ1) is 9.97. The number of carbonyl (C=O) groups excluding carboxylic acids is 2. The maximum absolute atomic E-state index is 12.4. The van der Waals surface area contributed by atoms with Crippen molar-refractivity contribution >= 4 is 45.1 Å². The van der Waals surface area contributed by atoms with Gasteiger partial charge >= 0.3 is 0 Å². The third-order valence-electron chi connectivity index (χ3n) is 4.22. The SMILES string of the molecule is O=C([O-])[C@@H]1[C@H](C(=O)Nc2ccc(Br)c(Cl)c2)[C@@H]2C=C[C@H]1C2. The van der Waals surface area contributed by atoms with Gasteiger partial charge in [0.1, 0.15) is 0 Å². The van der Waals surface area contributed by atoms with Gasteiger partial charge in [0.15, 0.2) is 0 Å². The molecular formula is C15H12BrClNO3-. The number of halogens is 2. The largest absolute Gasteiger partial charge is 0.550 e. The van der Waals surface area contributed by atoms with Gasteiger partial charge in [-0.05, 0) is 52.4 Å². The number of amides is 1. The fourth-order valence-corrected chi connectivity index (χ4v) is 3.73. The number of hydrogen-bond donors (Lipinski definition) is 1. The summed E-state index contributed by atoms with van der Waals surface area (Å²) in [7, 11) is 0. The van der Waals surface area contributed by atoms with E-state index in [1.165, 1.54) is 0 Å². The second kappa shape index (κ2) is 5.46. The standard InChI is InChI=1S/C15H13BrClNO3/c16-10-4-3-9(6-11(10)17)18-14(19)12-7-1-2-8(5-7)13(12)15(20)21/h1-4,6-8,12-13H,5H2,(H,18,19)(H,20,21)/p-1/t7-,8+,12-,13+/m1/s1. The van der Waals surface area contributed by atoms with E-state index in [0.717, 1.165) is 4.47 Å². The van der Waals surface area contributed by atoms with Gasteiger partial charge in [-0.3, -0.25) is 4.79 Å². The lowest BCUT2D eigenvalue weighted by Gasteiger charge is -2.27. The number of fused-ring (bicyclic) bond motifs is 2. The zero-order valence-corrected chi connectivity index (χ0v) is 13.2. The van der Waals surface area contributed by atoms with E-state index < -0.39 is 17.8 Å². The number of nitrogens with one attached hydrogen (secondary N) is 1. The van der Waals surface area contributed by atoms with Crippen LogP contribution < -0.4 is 10.4 Å². The molecule has 0 spiro atoms. The molecule has 0 heterocycles. The molecule has 6 heteroatoms. The van der Waals surface area contributed by atoms with Crippen LogP contribution in [0, 0.1) is 23.7 Å². The summed E-state index contributed by atoms with van der Waals surface area (Å²) in [6.45, 7) is 0. The number of rotatable bonds is 3. The zero-order valence-electron chi connectivity index (χ0n) is 10.9. The Kier molecular flexibility index (Phi) is 3.80. The Morgan fingerprint density at radius 1 is 1.24 bits per heavy atom. The third-order valence-corrected chi connectivity index (χ3v) is 5.45. The van der Waals surface area contributed by atoms with Crippen LogP contribution in [0.5, 0.6) is 0 Å². The predicted molar refractivity (Wildman–Crippen MR) is 80.5 cm³/mol. The maximum atomic E-state index is 12.4. The van der Waals surface area contributed by atoms with Crippen LogP contribution in [-0.2, 0) is 9.59 Å². The Hall–Kier alpha value is -1.33. The topological polar surface area (TPSA) is 69.2 Å². The number of carboxylic acid groups (broad SMARTS) is 1. The Morgan fingerprint density at radius 3 is 2.52 bits per heavy atom. The lowest BCUT2D eigenvalue weighted by molar-refractivity contribution is -0.313. The minimum atomic E-state index is -1.15. The number of benzene rings is 1. The number of hydrogen-bond acceptors (Lipinski definition) is 3. The van der Waals surface area contributed by atoms with E-state index in [0.29, 0.717) is 17.1 Å². The van der Waals surface area contributed by atoms with Crippen LogP contribution >= 0.6 is 27.5 Å². The lowest BCUT2D eigenvalue weighted by atomic mass is 9.82. The third kappa shape index (κ3) is 2.60. The second-order valence-corrected chi connectivity index (χ2v) is 6.70. The fourth-order valence-electron chi connectivity index (χ4n) is 3.30. The molecule has 0 aliphatic heterocycles. The number of anilines is 1. The van der Waals surface area contributed by atoms with Gasteiger partial charge in [0.05, 0.1) is 10.9 Å². The van der Waals surface area contributed by atoms with E-state index in [2.05, 4.69) is 21.2 Å². The van der Waals surface area contributed by atoms with E-state index in [9.17, 15) is 14.7 Å². The molecular weight excluding hydrogens is 358 g/mol. The molecule has 1 amide bonds. The molecule has 4 atom stereocenters. The summed E-state index contributed by atoms with van der Waals surface area (Å²) in [5.41, 5.74) is 0.553. The number of carbonyl (C=O) groups is 2. The average molecular weight is 370 g/mol. The first-order valence-electron chi connectivity index (χ1n) is 6.62. The molecule has 1 aromatic carbocycles. The molecule has 2 bridgehead atoms. The molecule has 1 N–H and O–H groups in total. The van der Waals surface area contributed by atoms with Crippen LogP contribution in [0.3, 0.4) is 0 Å². The minimum Gasteiger partial charge on any atom is -0.550 e. The fraction of sp³-hybridized carbons (Fsp3) is 0.333. The van der Waals surface area contributed by atoms with Crippen LogP contribution in [0.25, 0.3) is 0 Å². The Balaban J connectivity index is 1.80. The van der Waals surface area contributed by atoms with E-state index in [-0.39, 0.29) is 17.7 Å². The van der Waals surface area contributed by atoms with Crippen molar-refractivity contribution < 1.29 is 14.7 Å². The highest BCUT2D eigenvalue weighted by molar-refractivity contribution is 9.10. The molecule has 2 aliphatic rings. The van der Waals surface area contributed by atoms with E-state index in [1.54, 1.807) is 18.2 Å². The lowest BCUT2D eigenvalue weighted by Crippen LogP contribution is -2.42. The van der Waals surface area contributed by atoms with Crippen LogP contribution in [0.2, 0.25) is 5.02 Å². The summed E-state index contributed by atoms with van der Waals surface area (Å²) >= 11 is 9.26. The van der Waals surface area contributed by atoms with Crippen LogP contribution in [0.4, 0.5) is 5.69 Å². The molecule has 0 aromatic heterocycles. The molecule has 110 valence electrons. The second-order valence-electron chi connectivity index (χ2n) is 5.44. The maximum Gasteiger partial charge on any atom is 0.228 e. The molecule has 1 fully saturated rings. The summed E-state index contributed by atoms with van der Waals surface area (Å²) in [5.74, 6) is -2.88. The molecule has 1 aromatic rings. The smallest absolute Gasteiger partial charge is 0.228 e. The molecule has 0 radical (unpaired) electrons. The highest BCUT2D eigenvalue weighted by Crippen LogP contribution is 2.48. The first-order valence-corrected chi connectivity index (χ1v) is 7.79. The normalized spacial score (nSPS) is 29.6. The number of aliphatic carboxylic acids is 1. The molecule has 0 saturated heterocycles. The van der Waals surface area contributed by atoms with Crippen LogP contribution in [0.1, 0.15) is 6.42 Å². The van der Waals surface area contributed by atoms with Crippen LogP contribution in [-0.4, -0.2) is 11.9 Å². The first kappa shape index (κ1) is 14.6. The van der Waals surface area contributed by atoms with Crippen molar-refractivity contribution in [3.8, 4) is 0 Å². The minimum absolute atomic E-state index is 0.0242. The van der Waals surface area contributed by atoms with E-state index in [1.807, 2.05) is 12.2 Å². The molecule has 3 rings (SSSR count). The van der Waals surface area contributed by atoms with Gasteiger partial charge in [0.2, 0.25) is 5.91 Å². The van der Waals surface area contributed by atoms with Gasteiger partial charge in [0, 0.05) is 22.0 Å². The summed E-state index contributed by atoms with van der Waals surface area (Å²) in [4.78, 5) is 23.7. The molecule has 21 heavy (non-hydrogen) atoms. The molecule has 1 saturated carbocycles. The zero-order chi connectivity index (χ0) is 15.1. The van der Waals surface area contributed by atoms with Gasteiger partial charge in [-0.1, -0.05) is 23.8 Å². The van der Waals surface area contributed by atoms with Crippen molar-refractivity contribution in [2.45, 2.75) is 6.42 Å². The highest BCUT2D eigenvalue weighted by Gasteiger charge is 2.48. The van der Waals surface area contributed by atoms with Gasteiger partial charge in [-0.2, -0.15) is 0 Å². The summed E-state index contributed by atoms with van der Waals surface area (Å²) in [5, 5.41) is 14.5. The van der Waals surface area contributed by atoms with Crippen molar-refractivity contribution in [3.63, 3.8) is 0 Å². The van der Waals surface area contributed by atoms with Crippen LogP contribution in [0.15, 0.2) is 34.8 Å². The molecule has 0 unspecified atom stereocenters. The van der Waals surface area contributed by atoms with Gasteiger partial charge in [0.25, 0.3) is 0 Å². The average Bonchev–Trinajstić information content (AvgIpc) is 3.03. The van der Waals surface area contributed by atoms with Gasteiger partial charge < -0.3 is 15.2 Å². The highest BCUT2D eigenvalue weighted by atomic mass is 79.9. The summed E-state index contributed by atoms with van der Waals surface area (Å²) < 4.78 is 0.734. The predicted octanol–water partition coefficient (Wildman–Crippen LogP) is 2.23. The number of allylic oxidation sites excluding steroid dienone is 2. The monoisotopic (exact) mass is 368 g/mol. The van der Waals surface area contributed by atoms with Gasteiger partial charge in [-0.15, -0.1) is 0 Å². The number of carboxylic acids is 1.